The van der Waals surface area contributed by atoms with Gasteiger partial charge in [0, 0.05) is 12.1 Å². The number of imide groups is 1. The zero-order valence-corrected chi connectivity index (χ0v) is 17.0. The van der Waals surface area contributed by atoms with Crippen molar-refractivity contribution in [3.63, 3.8) is 0 Å². The minimum atomic E-state index is -0.778. The number of aliphatic hydroxyl groups is 1. The summed E-state index contributed by atoms with van der Waals surface area (Å²) in [5.41, 5.74) is 8.43. The Morgan fingerprint density at radius 3 is 2.55 bits per heavy atom. The van der Waals surface area contributed by atoms with Crippen LogP contribution in [-0.4, -0.2) is 51.5 Å². The summed E-state index contributed by atoms with van der Waals surface area (Å²) in [6.07, 6.45) is 1.27. The number of nitrogens with two attached hydrogens (primary N) is 1. The predicted octanol–water partition coefficient (Wildman–Crippen LogP) is 1.21. The summed E-state index contributed by atoms with van der Waals surface area (Å²) in [6.45, 7) is 5.98. The molecule has 29 heavy (non-hydrogen) atoms. The van der Waals surface area contributed by atoms with Crippen LogP contribution >= 0.6 is 0 Å². The highest BCUT2D eigenvalue weighted by molar-refractivity contribution is 6.00. The van der Waals surface area contributed by atoms with Crippen molar-refractivity contribution >= 4 is 11.8 Å². The second kappa shape index (κ2) is 8.86. The Bertz CT molecular complexity index is 862. The van der Waals surface area contributed by atoms with E-state index in [-0.39, 0.29) is 24.8 Å². The summed E-state index contributed by atoms with van der Waals surface area (Å²) < 4.78 is 5.40. The van der Waals surface area contributed by atoms with Gasteiger partial charge in [0.2, 0.25) is 17.7 Å². The monoisotopic (exact) mass is 400 g/mol. The van der Waals surface area contributed by atoms with Gasteiger partial charge in [0.15, 0.2) is 0 Å². The molecule has 1 aromatic carbocycles. The van der Waals surface area contributed by atoms with Crippen LogP contribution in [0.25, 0.3) is 11.5 Å². The molecule has 0 saturated carbocycles. The lowest BCUT2D eigenvalue weighted by Crippen LogP contribution is -2.53. The molecule has 0 unspecified atom stereocenters. The first-order valence-electron chi connectivity index (χ1n) is 9.80. The van der Waals surface area contributed by atoms with Crippen LogP contribution in [0.15, 0.2) is 34.9 Å². The smallest absolute Gasteiger partial charge is 0.246 e. The van der Waals surface area contributed by atoms with Crippen molar-refractivity contribution < 1.29 is 19.1 Å². The van der Waals surface area contributed by atoms with E-state index in [9.17, 15) is 14.7 Å². The van der Waals surface area contributed by atoms with E-state index in [1.165, 1.54) is 4.90 Å². The molecule has 8 nitrogen and oxygen atoms in total. The third-order valence-electron chi connectivity index (χ3n) is 5.10. The van der Waals surface area contributed by atoms with Crippen LogP contribution in [0.3, 0.4) is 0 Å². The number of benzene rings is 1. The molecule has 2 amide bonds. The molecule has 1 fully saturated rings. The van der Waals surface area contributed by atoms with E-state index < -0.39 is 24.1 Å². The van der Waals surface area contributed by atoms with Crippen molar-refractivity contribution in [3.8, 4) is 11.5 Å². The molecule has 1 saturated heterocycles. The Hall–Kier alpha value is -2.55. The van der Waals surface area contributed by atoms with Gasteiger partial charge >= 0.3 is 0 Å². The van der Waals surface area contributed by atoms with Gasteiger partial charge in [-0.05, 0) is 37.0 Å². The number of carbonyl (C=O) groups is 2. The SMILES string of the molecule is Cc1coc(-c2ccc(CN(C(=O)[C@@H]3C[C@@H](O)CN3)C(=O)[C@@H](N)C(C)C)cc2)n1. The first kappa shape index (κ1) is 21.2. The molecule has 3 rings (SSSR count). The molecule has 0 spiro atoms. The number of hydrogen-bond donors (Lipinski definition) is 3. The highest BCUT2D eigenvalue weighted by Crippen LogP contribution is 2.21. The number of carbonyl (C=O) groups excluding carboxylic acids is 2. The number of aromatic nitrogens is 1. The van der Waals surface area contributed by atoms with Gasteiger partial charge < -0.3 is 20.6 Å². The van der Waals surface area contributed by atoms with Crippen molar-refractivity contribution in [1.29, 1.82) is 0 Å². The Morgan fingerprint density at radius 2 is 2.03 bits per heavy atom. The zero-order chi connectivity index (χ0) is 21.1. The van der Waals surface area contributed by atoms with Gasteiger partial charge in [-0.3, -0.25) is 14.5 Å². The van der Waals surface area contributed by atoms with E-state index in [1.807, 2.05) is 45.0 Å². The number of nitrogens with zero attached hydrogens (tertiary/aromatic N) is 2. The molecule has 1 aliphatic rings. The lowest BCUT2D eigenvalue weighted by molar-refractivity contribution is -0.148. The molecule has 0 bridgehead atoms. The van der Waals surface area contributed by atoms with Gasteiger partial charge in [-0.2, -0.15) is 0 Å². The van der Waals surface area contributed by atoms with E-state index >= 15 is 0 Å². The van der Waals surface area contributed by atoms with Gasteiger partial charge in [-0.15, -0.1) is 0 Å². The van der Waals surface area contributed by atoms with Gasteiger partial charge in [0.1, 0.15) is 6.26 Å². The second-order valence-electron chi connectivity index (χ2n) is 7.87. The van der Waals surface area contributed by atoms with Crippen LogP contribution in [0.2, 0.25) is 0 Å². The minimum absolute atomic E-state index is 0.101. The van der Waals surface area contributed by atoms with Gasteiger partial charge in [-0.1, -0.05) is 26.0 Å². The Balaban J connectivity index is 1.80. The zero-order valence-electron chi connectivity index (χ0n) is 17.0. The summed E-state index contributed by atoms with van der Waals surface area (Å²) in [7, 11) is 0. The summed E-state index contributed by atoms with van der Waals surface area (Å²) in [6, 6.07) is 5.98. The summed E-state index contributed by atoms with van der Waals surface area (Å²) in [5, 5.41) is 12.7. The lowest BCUT2D eigenvalue weighted by Gasteiger charge is -2.28. The molecular weight excluding hydrogens is 372 g/mol. The number of aryl methyl sites for hydroxylation is 1. The standard InChI is InChI=1S/C21H28N4O4/c1-12(2)18(22)21(28)25(20(27)17-8-16(26)9-23-17)10-14-4-6-15(7-5-14)19-24-13(3)11-29-19/h4-7,11-12,16-18,23,26H,8-10,22H2,1-3H3/t16-,17+,18+/m1/s1. The maximum atomic E-state index is 13.0. The molecule has 0 aliphatic carbocycles. The quantitative estimate of drug-likeness (QED) is 0.666. The van der Waals surface area contributed by atoms with Gasteiger partial charge in [0.05, 0.1) is 30.4 Å². The summed E-state index contributed by atoms with van der Waals surface area (Å²) in [5.74, 6) is -0.366. The number of rotatable bonds is 6. The first-order valence-corrected chi connectivity index (χ1v) is 9.80. The normalized spacial score (nSPS) is 20.1. The Morgan fingerprint density at radius 1 is 1.34 bits per heavy atom. The molecule has 156 valence electrons. The third kappa shape index (κ3) is 4.90. The van der Waals surface area contributed by atoms with Crippen molar-refractivity contribution in [3.05, 3.63) is 41.8 Å². The van der Waals surface area contributed by atoms with E-state index in [2.05, 4.69) is 10.3 Å². The minimum Gasteiger partial charge on any atom is -0.444 e. The fourth-order valence-electron chi connectivity index (χ4n) is 3.24. The average Bonchev–Trinajstić information content (AvgIpc) is 3.33. The van der Waals surface area contributed by atoms with E-state index in [1.54, 1.807) is 6.26 Å². The van der Waals surface area contributed by atoms with Crippen molar-refractivity contribution in [1.82, 2.24) is 15.2 Å². The molecular formula is C21H28N4O4. The molecule has 4 N–H and O–H groups in total. The summed E-state index contributed by atoms with van der Waals surface area (Å²) in [4.78, 5) is 31.4. The highest BCUT2D eigenvalue weighted by atomic mass is 16.3. The second-order valence-corrected chi connectivity index (χ2v) is 7.87. The number of aliphatic hydroxyl groups excluding tert-OH is 1. The molecule has 2 heterocycles. The van der Waals surface area contributed by atoms with Crippen LogP contribution in [0.5, 0.6) is 0 Å². The van der Waals surface area contributed by atoms with Gasteiger partial charge in [-0.25, -0.2) is 4.98 Å². The van der Waals surface area contributed by atoms with Crippen molar-refractivity contribution in [2.24, 2.45) is 11.7 Å². The van der Waals surface area contributed by atoms with Crippen molar-refractivity contribution in [2.45, 2.75) is 51.9 Å². The van der Waals surface area contributed by atoms with Crippen molar-refractivity contribution in [2.75, 3.05) is 6.54 Å². The van der Waals surface area contributed by atoms with E-state index in [0.29, 0.717) is 12.4 Å². The Labute approximate surface area is 170 Å². The number of hydrogen-bond acceptors (Lipinski definition) is 7. The first-order chi connectivity index (χ1) is 13.8. The number of amides is 2. The van der Waals surface area contributed by atoms with E-state index in [4.69, 9.17) is 10.2 Å². The number of β-amino-alcohol motifs (C(OH)–C–C–N with tert-alkyl or cyclic N) is 1. The molecule has 1 aliphatic heterocycles. The molecule has 0 radical (unpaired) electrons. The predicted molar refractivity (Wildman–Crippen MR) is 107 cm³/mol. The largest absolute Gasteiger partial charge is 0.444 e. The maximum Gasteiger partial charge on any atom is 0.246 e. The third-order valence-corrected chi connectivity index (χ3v) is 5.10. The van der Waals surface area contributed by atoms with Crippen LogP contribution in [0.4, 0.5) is 0 Å². The fraction of sp³-hybridized carbons (Fsp3) is 0.476. The fourth-order valence-corrected chi connectivity index (χ4v) is 3.24. The van der Waals surface area contributed by atoms with Crippen LogP contribution < -0.4 is 11.1 Å². The Kier molecular flexibility index (Phi) is 6.46. The molecule has 1 aromatic heterocycles. The van der Waals surface area contributed by atoms with Crippen LogP contribution in [0.1, 0.15) is 31.5 Å². The topological polar surface area (TPSA) is 122 Å². The highest BCUT2D eigenvalue weighted by Gasteiger charge is 2.36. The van der Waals surface area contributed by atoms with Gasteiger partial charge in [0.25, 0.3) is 0 Å². The molecule has 3 atom stereocenters. The maximum absolute atomic E-state index is 13.0. The average molecular weight is 400 g/mol. The molecule has 2 aromatic rings. The number of nitrogens with one attached hydrogen (secondary N) is 1. The van der Waals surface area contributed by atoms with Crippen LogP contribution in [-0.2, 0) is 16.1 Å². The van der Waals surface area contributed by atoms with E-state index in [0.717, 1.165) is 16.8 Å². The summed E-state index contributed by atoms with van der Waals surface area (Å²) >= 11 is 0. The van der Waals surface area contributed by atoms with Crippen LogP contribution in [0, 0.1) is 12.8 Å². The molecule has 8 heteroatoms. The number of oxazole rings is 1. The lowest BCUT2D eigenvalue weighted by atomic mass is 10.0.